The molecule has 3 heterocycles. The van der Waals surface area contributed by atoms with Gasteiger partial charge >= 0.3 is 6.18 Å². The van der Waals surface area contributed by atoms with Crippen molar-refractivity contribution in [1.29, 1.82) is 0 Å². The molecular weight excluding hydrogens is 449 g/mol. The maximum absolute atomic E-state index is 13.3. The van der Waals surface area contributed by atoms with Gasteiger partial charge < -0.3 is 10.2 Å². The molecule has 174 valence electrons. The fourth-order valence-electron chi connectivity index (χ4n) is 4.23. The molecule has 32 heavy (non-hydrogen) atoms. The second-order valence-electron chi connectivity index (χ2n) is 8.22. The highest BCUT2D eigenvalue weighted by Crippen LogP contribution is 2.36. The average Bonchev–Trinajstić information content (AvgIpc) is 3.37. The molecule has 0 spiro atoms. The standard InChI is InChI=1S/C20H23F3N4O4S/c21-20(22,23)13-3-5-17(26-8-1-2-9-26)16(11-13)24-19(29)15-4-6-18(28)27(25-15)14-7-10-32(30,31)12-14/h3,5,11,14H,1-2,4,6-10,12H2,(H,24,29). The molecule has 12 heteroatoms. The number of hydrogen-bond acceptors (Lipinski definition) is 6. The van der Waals surface area contributed by atoms with E-state index < -0.39 is 33.5 Å². The zero-order valence-corrected chi connectivity index (χ0v) is 18.0. The van der Waals surface area contributed by atoms with Gasteiger partial charge in [-0.2, -0.15) is 18.3 Å². The van der Waals surface area contributed by atoms with E-state index in [9.17, 15) is 31.2 Å². The van der Waals surface area contributed by atoms with Gasteiger partial charge in [-0.25, -0.2) is 13.4 Å². The molecule has 0 radical (unpaired) electrons. The Morgan fingerprint density at radius 1 is 1.16 bits per heavy atom. The number of sulfone groups is 1. The minimum atomic E-state index is -4.57. The minimum absolute atomic E-state index is 0.0151. The van der Waals surface area contributed by atoms with E-state index in [4.69, 9.17) is 0 Å². The van der Waals surface area contributed by atoms with E-state index in [-0.39, 0.29) is 48.1 Å². The molecule has 1 atom stereocenters. The molecular formula is C20H23F3N4O4S. The summed E-state index contributed by atoms with van der Waals surface area (Å²) in [5.74, 6) is -1.35. The first-order chi connectivity index (χ1) is 15.0. The summed E-state index contributed by atoms with van der Waals surface area (Å²) in [6.07, 6.45) is -2.52. The molecule has 3 aliphatic heterocycles. The summed E-state index contributed by atoms with van der Waals surface area (Å²) >= 11 is 0. The number of alkyl halides is 3. The van der Waals surface area contributed by atoms with Crippen molar-refractivity contribution in [3.05, 3.63) is 23.8 Å². The molecule has 1 unspecified atom stereocenters. The lowest BCUT2D eigenvalue weighted by Gasteiger charge is -2.28. The normalized spacial score (nSPS) is 23.4. The number of rotatable bonds is 4. The summed E-state index contributed by atoms with van der Waals surface area (Å²) in [4.78, 5) is 27.1. The van der Waals surface area contributed by atoms with E-state index in [1.54, 1.807) is 0 Å². The molecule has 1 aromatic carbocycles. The summed E-state index contributed by atoms with van der Waals surface area (Å²) in [5.41, 5.74) is -0.371. The predicted octanol–water partition coefficient (Wildman–Crippen LogP) is 2.41. The monoisotopic (exact) mass is 472 g/mol. The summed E-state index contributed by atoms with van der Waals surface area (Å²) in [5, 5.41) is 7.69. The number of carbonyl (C=O) groups is 2. The van der Waals surface area contributed by atoms with E-state index in [1.807, 2.05) is 4.90 Å². The van der Waals surface area contributed by atoms with Gasteiger partial charge in [0.25, 0.3) is 5.91 Å². The van der Waals surface area contributed by atoms with Gasteiger partial charge in [0, 0.05) is 25.9 Å². The molecule has 2 saturated heterocycles. The second-order valence-corrected chi connectivity index (χ2v) is 10.4. The van der Waals surface area contributed by atoms with Crippen LogP contribution in [0.3, 0.4) is 0 Å². The van der Waals surface area contributed by atoms with Gasteiger partial charge in [-0.05, 0) is 37.5 Å². The number of amides is 2. The van der Waals surface area contributed by atoms with Crippen LogP contribution in [0.1, 0.15) is 37.7 Å². The Balaban J connectivity index is 1.59. The lowest BCUT2D eigenvalue weighted by Crippen LogP contribution is -2.42. The molecule has 2 amide bonds. The zero-order valence-electron chi connectivity index (χ0n) is 17.2. The fourth-order valence-corrected chi connectivity index (χ4v) is 5.92. The van der Waals surface area contributed by atoms with Gasteiger partial charge in [0.2, 0.25) is 5.91 Å². The van der Waals surface area contributed by atoms with Crippen LogP contribution < -0.4 is 10.2 Å². The van der Waals surface area contributed by atoms with Gasteiger partial charge in [-0.1, -0.05) is 0 Å². The summed E-state index contributed by atoms with van der Waals surface area (Å²) < 4.78 is 63.3. The van der Waals surface area contributed by atoms with Crippen molar-refractivity contribution in [3.8, 4) is 0 Å². The van der Waals surface area contributed by atoms with Gasteiger partial charge in [0.1, 0.15) is 5.71 Å². The first-order valence-electron chi connectivity index (χ1n) is 10.4. The Morgan fingerprint density at radius 3 is 2.50 bits per heavy atom. The first kappa shape index (κ1) is 22.6. The quantitative estimate of drug-likeness (QED) is 0.726. The van der Waals surface area contributed by atoms with Gasteiger partial charge in [0.15, 0.2) is 9.84 Å². The van der Waals surface area contributed by atoms with E-state index in [0.717, 1.165) is 30.0 Å². The van der Waals surface area contributed by atoms with E-state index >= 15 is 0 Å². The van der Waals surface area contributed by atoms with Crippen LogP contribution in [0.25, 0.3) is 0 Å². The van der Waals surface area contributed by atoms with Crippen molar-refractivity contribution in [2.24, 2.45) is 5.10 Å². The summed E-state index contributed by atoms with van der Waals surface area (Å²) in [7, 11) is -3.26. The molecule has 0 aliphatic carbocycles. The van der Waals surface area contributed by atoms with Gasteiger partial charge in [-0.15, -0.1) is 0 Å². The average molecular weight is 472 g/mol. The van der Waals surface area contributed by atoms with Crippen molar-refractivity contribution < 1.29 is 31.2 Å². The van der Waals surface area contributed by atoms with Crippen molar-refractivity contribution >= 4 is 38.7 Å². The maximum atomic E-state index is 13.3. The second kappa shape index (κ2) is 8.38. The molecule has 1 aromatic rings. The number of halogens is 3. The lowest BCUT2D eigenvalue weighted by molar-refractivity contribution is -0.137. The molecule has 0 bridgehead atoms. The topological polar surface area (TPSA) is 99.2 Å². The number of hydrogen-bond donors (Lipinski definition) is 1. The Hall–Kier alpha value is -2.63. The Labute approximate surface area is 183 Å². The van der Waals surface area contributed by atoms with Crippen LogP contribution in [0.4, 0.5) is 24.5 Å². The molecule has 3 aliphatic rings. The van der Waals surface area contributed by atoms with Crippen molar-refractivity contribution in [1.82, 2.24) is 5.01 Å². The number of anilines is 2. The van der Waals surface area contributed by atoms with Gasteiger partial charge in [0.05, 0.1) is 34.5 Å². The molecule has 4 rings (SSSR count). The third-order valence-electron chi connectivity index (χ3n) is 5.89. The minimum Gasteiger partial charge on any atom is -0.370 e. The van der Waals surface area contributed by atoms with Crippen molar-refractivity contribution in [3.63, 3.8) is 0 Å². The Morgan fingerprint density at radius 2 is 1.88 bits per heavy atom. The number of nitrogens with one attached hydrogen (secondary N) is 1. The molecule has 0 aromatic heterocycles. The SMILES string of the molecule is O=C(Nc1cc(C(F)(F)F)ccc1N1CCCC1)C1=NN(C2CCS(=O)(=O)C2)C(=O)CC1. The fraction of sp³-hybridized carbons (Fsp3) is 0.550. The van der Waals surface area contributed by atoms with Crippen LogP contribution in [0.5, 0.6) is 0 Å². The molecule has 1 N–H and O–H groups in total. The van der Waals surface area contributed by atoms with Crippen LogP contribution in [-0.2, 0) is 25.6 Å². The summed E-state index contributed by atoms with van der Waals surface area (Å²) in [6, 6.07) is 2.61. The zero-order chi connectivity index (χ0) is 23.1. The largest absolute Gasteiger partial charge is 0.416 e. The predicted molar refractivity (Wildman–Crippen MR) is 112 cm³/mol. The van der Waals surface area contributed by atoms with Crippen LogP contribution in [0.15, 0.2) is 23.3 Å². The summed E-state index contributed by atoms with van der Waals surface area (Å²) in [6.45, 7) is 1.35. The van der Waals surface area contributed by atoms with Gasteiger partial charge in [-0.3, -0.25) is 9.59 Å². The van der Waals surface area contributed by atoms with Crippen molar-refractivity contribution in [2.75, 3.05) is 34.8 Å². The number of hydrazone groups is 1. The van der Waals surface area contributed by atoms with E-state index in [2.05, 4.69) is 10.4 Å². The lowest BCUT2D eigenvalue weighted by atomic mass is 10.1. The third kappa shape index (κ3) is 4.74. The van der Waals surface area contributed by atoms with Crippen LogP contribution in [0, 0.1) is 0 Å². The molecule has 8 nitrogen and oxygen atoms in total. The van der Waals surface area contributed by atoms with Crippen LogP contribution in [0.2, 0.25) is 0 Å². The Kier molecular flexibility index (Phi) is 5.91. The Bertz CT molecular complexity index is 1070. The van der Waals surface area contributed by atoms with Crippen LogP contribution >= 0.6 is 0 Å². The molecule has 2 fully saturated rings. The van der Waals surface area contributed by atoms with E-state index in [1.165, 1.54) is 6.07 Å². The number of carbonyl (C=O) groups excluding carboxylic acids is 2. The smallest absolute Gasteiger partial charge is 0.370 e. The first-order valence-corrected chi connectivity index (χ1v) is 12.2. The third-order valence-corrected chi connectivity index (χ3v) is 7.65. The highest BCUT2D eigenvalue weighted by atomic mass is 32.2. The van der Waals surface area contributed by atoms with E-state index in [0.29, 0.717) is 18.8 Å². The maximum Gasteiger partial charge on any atom is 0.416 e. The highest BCUT2D eigenvalue weighted by molar-refractivity contribution is 7.91. The van der Waals surface area contributed by atoms with Crippen molar-refractivity contribution in [2.45, 2.75) is 44.3 Å². The number of nitrogens with zero attached hydrogens (tertiary/aromatic N) is 3. The number of benzene rings is 1. The van der Waals surface area contributed by atoms with Crippen LogP contribution in [-0.4, -0.2) is 61.6 Å². The highest BCUT2D eigenvalue weighted by Gasteiger charge is 2.37. The molecule has 0 saturated carbocycles.